The molecule has 0 aliphatic heterocycles. The van der Waals surface area contributed by atoms with Crippen LogP contribution in [0.3, 0.4) is 0 Å². The zero-order valence-corrected chi connectivity index (χ0v) is 17.1. The molecule has 0 aliphatic rings. The van der Waals surface area contributed by atoms with Gasteiger partial charge in [-0.05, 0) is 48.4 Å². The average Bonchev–Trinajstić information content (AvgIpc) is 3.11. The van der Waals surface area contributed by atoms with Crippen molar-refractivity contribution in [2.45, 2.75) is 24.6 Å². The summed E-state index contributed by atoms with van der Waals surface area (Å²) in [6.45, 7) is 2.35. The van der Waals surface area contributed by atoms with Gasteiger partial charge in [0.15, 0.2) is 11.0 Å². The van der Waals surface area contributed by atoms with Crippen LogP contribution in [0.4, 0.5) is 0 Å². The van der Waals surface area contributed by atoms with Gasteiger partial charge in [-0.15, -0.1) is 10.2 Å². The van der Waals surface area contributed by atoms with E-state index in [1.807, 2.05) is 60.1 Å². The third-order valence-corrected chi connectivity index (χ3v) is 5.53. The lowest BCUT2D eigenvalue weighted by Gasteiger charge is -2.12. The van der Waals surface area contributed by atoms with Gasteiger partial charge in [0.05, 0.1) is 13.2 Å². The van der Waals surface area contributed by atoms with E-state index in [2.05, 4.69) is 17.1 Å². The van der Waals surface area contributed by atoms with Crippen LogP contribution in [-0.2, 0) is 13.5 Å². The number of benzene rings is 2. The van der Waals surface area contributed by atoms with Crippen LogP contribution < -0.4 is 9.47 Å². The SMILES string of the molecule is CCc1ccc(OCC(O)CSc2nnc(-c3ccc(OC)cc3)n2C)cc1. The number of aromatic nitrogens is 3. The molecular weight excluding hydrogens is 374 g/mol. The molecule has 0 amide bonds. The van der Waals surface area contributed by atoms with E-state index < -0.39 is 6.10 Å². The van der Waals surface area contributed by atoms with Crippen molar-refractivity contribution >= 4 is 11.8 Å². The summed E-state index contributed by atoms with van der Waals surface area (Å²) < 4.78 is 12.8. The summed E-state index contributed by atoms with van der Waals surface area (Å²) in [6.07, 6.45) is 0.396. The van der Waals surface area contributed by atoms with Gasteiger partial charge >= 0.3 is 0 Å². The minimum absolute atomic E-state index is 0.238. The third kappa shape index (κ3) is 5.05. The van der Waals surface area contributed by atoms with E-state index in [0.717, 1.165) is 34.5 Å². The van der Waals surface area contributed by atoms with Crippen molar-refractivity contribution in [1.29, 1.82) is 0 Å². The highest BCUT2D eigenvalue weighted by Gasteiger charge is 2.14. The standard InChI is InChI=1S/C21H25N3O3S/c1-4-15-5-9-19(10-6-15)27-13-17(25)14-28-21-23-22-20(24(21)2)16-7-11-18(26-3)12-8-16/h5-12,17,25H,4,13-14H2,1-3H3. The largest absolute Gasteiger partial charge is 0.497 e. The first-order valence-corrected chi connectivity index (χ1v) is 10.2. The first-order valence-electron chi connectivity index (χ1n) is 9.17. The zero-order chi connectivity index (χ0) is 19.9. The summed E-state index contributed by atoms with van der Waals surface area (Å²) in [5.74, 6) is 2.81. The predicted octanol–water partition coefficient (Wildman–Crippen LogP) is 3.59. The van der Waals surface area contributed by atoms with E-state index in [4.69, 9.17) is 9.47 Å². The number of thioether (sulfide) groups is 1. The van der Waals surface area contributed by atoms with Crippen molar-refractivity contribution in [3.8, 4) is 22.9 Å². The lowest BCUT2D eigenvalue weighted by molar-refractivity contribution is 0.126. The molecule has 0 saturated heterocycles. The Labute approximate surface area is 169 Å². The van der Waals surface area contributed by atoms with Crippen LogP contribution in [0.15, 0.2) is 53.7 Å². The molecule has 1 N–H and O–H groups in total. The van der Waals surface area contributed by atoms with Crippen LogP contribution in [0, 0.1) is 0 Å². The third-order valence-electron chi connectivity index (χ3n) is 4.36. The number of aryl methyl sites for hydroxylation is 1. The quantitative estimate of drug-likeness (QED) is 0.555. The zero-order valence-electron chi connectivity index (χ0n) is 16.3. The van der Waals surface area contributed by atoms with Gasteiger partial charge in [-0.25, -0.2) is 0 Å². The highest BCUT2D eigenvalue weighted by Crippen LogP contribution is 2.25. The second kappa shape index (κ2) is 9.61. The average molecular weight is 400 g/mol. The molecule has 0 bridgehead atoms. The molecule has 148 valence electrons. The van der Waals surface area contributed by atoms with Crippen LogP contribution >= 0.6 is 11.8 Å². The maximum Gasteiger partial charge on any atom is 0.191 e. The summed E-state index contributed by atoms with van der Waals surface area (Å²) >= 11 is 1.45. The fraction of sp³-hybridized carbons (Fsp3) is 0.333. The number of hydrogen-bond donors (Lipinski definition) is 1. The molecule has 2 aromatic carbocycles. The molecule has 6 nitrogen and oxygen atoms in total. The fourth-order valence-electron chi connectivity index (χ4n) is 2.66. The molecule has 7 heteroatoms. The van der Waals surface area contributed by atoms with Gasteiger partial charge < -0.3 is 19.1 Å². The minimum Gasteiger partial charge on any atom is -0.497 e. The smallest absolute Gasteiger partial charge is 0.191 e. The second-order valence-electron chi connectivity index (χ2n) is 6.37. The van der Waals surface area contributed by atoms with E-state index in [9.17, 15) is 5.11 Å². The lowest BCUT2D eigenvalue weighted by Crippen LogP contribution is -2.20. The van der Waals surface area contributed by atoms with Gasteiger partial charge in [0, 0.05) is 18.4 Å². The first kappa shape index (κ1) is 20.2. The Bertz CT molecular complexity index is 879. The Hall–Kier alpha value is -2.51. The van der Waals surface area contributed by atoms with Crippen LogP contribution in [0.2, 0.25) is 0 Å². The van der Waals surface area contributed by atoms with E-state index in [0.29, 0.717) is 5.75 Å². The molecule has 3 aromatic rings. The molecule has 0 spiro atoms. The number of nitrogens with zero attached hydrogens (tertiary/aromatic N) is 3. The monoisotopic (exact) mass is 399 g/mol. The Kier molecular flexibility index (Phi) is 6.95. The molecule has 1 atom stereocenters. The normalized spacial score (nSPS) is 12.0. The van der Waals surface area contributed by atoms with Crippen molar-refractivity contribution < 1.29 is 14.6 Å². The van der Waals surface area contributed by atoms with Gasteiger partial charge in [0.2, 0.25) is 0 Å². The second-order valence-corrected chi connectivity index (χ2v) is 7.35. The Balaban J connectivity index is 1.53. The summed E-state index contributed by atoms with van der Waals surface area (Å²) in [4.78, 5) is 0. The summed E-state index contributed by atoms with van der Waals surface area (Å²) in [6, 6.07) is 15.6. The number of aliphatic hydroxyl groups excluding tert-OH is 1. The van der Waals surface area contributed by atoms with E-state index in [-0.39, 0.29) is 6.61 Å². The van der Waals surface area contributed by atoms with Crippen LogP contribution in [-0.4, -0.2) is 45.4 Å². The van der Waals surface area contributed by atoms with Gasteiger partial charge in [-0.1, -0.05) is 30.8 Å². The Morgan fingerprint density at radius 3 is 2.36 bits per heavy atom. The number of hydrogen-bond acceptors (Lipinski definition) is 6. The topological polar surface area (TPSA) is 69.4 Å². The molecule has 0 fully saturated rings. The van der Waals surface area contributed by atoms with E-state index in [1.165, 1.54) is 17.3 Å². The van der Waals surface area contributed by atoms with Crippen molar-refractivity contribution in [1.82, 2.24) is 14.8 Å². The molecule has 3 rings (SSSR count). The number of methoxy groups -OCH3 is 1. The minimum atomic E-state index is -0.600. The maximum atomic E-state index is 10.2. The number of aliphatic hydroxyl groups is 1. The van der Waals surface area contributed by atoms with Crippen molar-refractivity contribution in [3.05, 3.63) is 54.1 Å². The van der Waals surface area contributed by atoms with E-state index in [1.54, 1.807) is 7.11 Å². The summed E-state index contributed by atoms with van der Waals surface area (Å²) in [5.41, 5.74) is 2.22. The molecule has 1 aromatic heterocycles. The Morgan fingerprint density at radius 1 is 1.04 bits per heavy atom. The van der Waals surface area contributed by atoms with E-state index >= 15 is 0 Å². The highest BCUT2D eigenvalue weighted by molar-refractivity contribution is 7.99. The summed E-state index contributed by atoms with van der Waals surface area (Å²) in [5, 5.41) is 19.5. The van der Waals surface area contributed by atoms with Crippen molar-refractivity contribution in [2.24, 2.45) is 7.05 Å². The number of ether oxygens (including phenoxy) is 2. The molecule has 0 radical (unpaired) electrons. The van der Waals surface area contributed by atoms with Gasteiger partial charge in [0.25, 0.3) is 0 Å². The van der Waals surface area contributed by atoms with Gasteiger partial charge in [-0.2, -0.15) is 0 Å². The van der Waals surface area contributed by atoms with Crippen LogP contribution in [0.25, 0.3) is 11.4 Å². The number of rotatable bonds is 9. The Morgan fingerprint density at radius 2 is 1.71 bits per heavy atom. The molecule has 1 heterocycles. The molecule has 0 aliphatic carbocycles. The fourth-order valence-corrected chi connectivity index (χ4v) is 3.48. The highest BCUT2D eigenvalue weighted by atomic mass is 32.2. The first-order chi connectivity index (χ1) is 13.6. The molecule has 1 unspecified atom stereocenters. The molecular formula is C21H25N3O3S. The van der Waals surface area contributed by atoms with Gasteiger partial charge in [-0.3, -0.25) is 0 Å². The predicted molar refractivity (Wildman–Crippen MR) is 111 cm³/mol. The molecule has 28 heavy (non-hydrogen) atoms. The van der Waals surface area contributed by atoms with Crippen molar-refractivity contribution in [3.63, 3.8) is 0 Å². The molecule has 0 saturated carbocycles. The maximum absolute atomic E-state index is 10.2. The van der Waals surface area contributed by atoms with Gasteiger partial charge in [0.1, 0.15) is 18.1 Å². The lowest BCUT2D eigenvalue weighted by atomic mass is 10.2. The van der Waals surface area contributed by atoms with Crippen molar-refractivity contribution in [2.75, 3.05) is 19.5 Å². The van der Waals surface area contributed by atoms with Crippen LogP contribution in [0.1, 0.15) is 12.5 Å². The summed E-state index contributed by atoms with van der Waals surface area (Å²) in [7, 11) is 3.56. The van der Waals surface area contributed by atoms with Crippen LogP contribution in [0.5, 0.6) is 11.5 Å².